The molecule has 126 valence electrons. The van der Waals surface area contributed by atoms with Gasteiger partial charge < -0.3 is 14.8 Å². The molecule has 1 fully saturated rings. The predicted molar refractivity (Wildman–Crippen MR) is 96.6 cm³/mol. The Morgan fingerprint density at radius 3 is 2.75 bits per heavy atom. The summed E-state index contributed by atoms with van der Waals surface area (Å²) in [5, 5.41) is 3.78. The number of benzene rings is 2. The second-order valence-corrected chi connectivity index (χ2v) is 6.77. The van der Waals surface area contributed by atoms with Gasteiger partial charge in [0.1, 0.15) is 5.75 Å². The zero-order valence-corrected chi connectivity index (χ0v) is 14.4. The first-order chi connectivity index (χ1) is 11.8. The first-order valence-electron chi connectivity index (χ1n) is 8.95. The van der Waals surface area contributed by atoms with Gasteiger partial charge in [0.15, 0.2) is 0 Å². The lowest BCUT2D eigenvalue weighted by Crippen LogP contribution is -2.36. The Kier molecular flexibility index (Phi) is 4.19. The number of fused-ring (bicyclic) bond motifs is 3. The molecular formula is C21H25NO2. The summed E-state index contributed by atoms with van der Waals surface area (Å²) >= 11 is 0. The molecule has 2 aromatic rings. The van der Waals surface area contributed by atoms with Crippen LogP contribution in [0, 0.1) is 5.92 Å². The fraction of sp³-hybridized carbons (Fsp3) is 0.429. The first-order valence-corrected chi connectivity index (χ1v) is 8.95. The van der Waals surface area contributed by atoms with Gasteiger partial charge in [-0.25, -0.2) is 0 Å². The molecule has 2 aromatic carbocycles. The van der Waals surface area contributed by atoms with Crippen molar-refractivity contribution in [2.45, 2.75) is 38.3 Å². The molecule has 0 aliphatic carbocycles. The Hall–Kier alpha value is -2.00. The van der Waals surface area contributed by atoms with Gasteiger partial charge in [0.2, 0.25) is 0 Å². The predicted octanol–water partition coefficient (Wildman–Crippen LogP) is 4.89. The summed E-state index contributed by atoms with van der Waals surface area (Å²) in [5.41, 5.74) is 5.24. The Bertz CT molecular complexity index is 710. The van der Waals surface area contributed by atoms with Gasteiger partial charge in [-0.3, -0.25) is 0 Å². The molecule has 1 saturated heterocycles. The van der Waals surface area contributed by atoms with Crippen LogP contribution >= 0.6 is 0 Å². The third-order valence-electron chi connectivity index (χ3n) is 5.41. The van der Waals surface area contributed by atoms with E-state index in [-0.39, 0.29) is 6.10 Å². The third kappa shape index (κ3) is 2.67. The minimum atomic E-state index is 0.202. The minimum absolute atomic E-state index is 0.202. The molecule has 1 N–H and O–H groups in total. The molecule has 0 radical (unpaired) electrons. The third-order valence-corrected chi connectivity index (χ3v) is 5.41. The van der Waals surface area contributed by atoms with Gasteiger partial charge in [0.05, 0.1) is 19.3 Å². The van der Waals surface area contributed by atoms with Gasteiger partial charge in [-0.1, -0.05) is 31.2 Å². The van der Waals surface area contributed by atoms with E-state index in [2.05, 4.69) is 42.6 Å². The summed E-state index contributed by atoms with van der Waals surface area (Å²) in [5.74, 6) is 1.38. The maximum Gasteiger partial charge on any atom is 0.118 e. The van der Waals surface area contributed by atoms with Crippen molar-refractivity contribution in [2.24, 2.45) is 5.92 Å². The molecule has 0 aromatic heterocycles. The Morgan fingerprint density at radius 2 is 2.00 bits per heavy atom. The molecule has 0 amide bonds. The number of hydrogen-bond acceptors (Lipinski definition) is 3. The quantitative estimate of drug-likeness (QED) is 0.872. The maximum atomic E-state index is 6.24. The van der Waals surface area contributed by atoms with Crippen LogP contribution in [-0.4, -0.2) is 13.7 Å². The first kappa shape index (κ1) is 15.5. The van der Waals surface area contributed by atoms with Crippen molar-refractivity contribution in [1.29, 1.82) is 0 Å². The monoisotopic (exact) mass is 323 g/mol. The van der Waals surface area contributed by atoms with Crippen molar-refractivity contribution in [3.63, 3.8) is 0 Å². The number of nitrogens with one attached hydrogen (secondary N) is 1. The molecule has 2 heterocycles. The number of anilines is 1. The zero-order valence-electron chi connectivity index (χ0n) is 14.4. The van der Waals surface area contributed by atoms with Crippen LogP contribution in [-0.2, 0) is 11.2 Å². The van der Waals surface area contributed by atoms with Crippen LogP contribution in [0.2, 0.25) is 0 Å². The summed E-state index contributed by atoms with van der Waals surface area (Å²) in [6.07, 6.45) is 3.60. The highest BCUT2D eigenvalue weighted by molar-refractivity contribution is 5.58. The minimum Gasteiger partial charge on any atom is -0.497 e. The van der Waals surface area contributed by atoms with Gasteiger partial charge in [0, 0.05) is 23.8 Å². The van der Waals surface area contributed by atoms with Crippen molar-refractivity contribution < 1.29 is 9.47 Å². The summed E-state index contributed by atoms with van der Waals surface area (Å²) in [4.78, 5) is 0. The molecule has 3 heteroatoms. The number of aryl methyl sites for hydroxylation is 1. The lowest BCUT2D eigenvalue weighted by molar-refractivity contribution is -0.0381. The van der Waals surface area contributed by atoms with Crippen molar-refractivity contribution in [2.75, 3.05) is 19.0 Å². The lowest BCUT2D eigenvalue weighted by Gasteiger charge is -2.43. The second-order valence-electron chi connectivity index (χ2n) is 6.77. The van der Waals surface area contributed by atoms with E-state index in [9.17, 15) is 0 Å². The van der Waals surface area contributed by atoms with Crippen LogP contribution in [0.1, 0.15) is 48.6 Å². The Labute approximate surface area is 144 Å². The van der Waals surface area contributed by atoms with Gasteiger partial charge in [0.25, 0.3) is 0 Å². The molecular weight excluding hydrogens is 298 g/mol. The van der Waals surface area contributed by atoms with Crippen LogP contribution in [0.4, 0.5) is 5.69 Å². The molecule has 3 nitrogen and oxygen atoms in total. The van der Waals surface area contributed by atoms with E-state index in [0.717, 1.165) is 25.2 Å². The van der Waals surface area contributed by atoms with E-state index in [4.69, 9.17) is 9.47 Å². The van der Waals surface area contributed by atoms with Crippen LogP contribution in [0.3, 0.4) is 0 Å². The smallest absolute Gasteiger partial charge is 0.118 e. The van der Waals surface area contributed by atoms with Crippen molar-refractivity contribution in [3.05, 3.63) is 59.2 Å². The zero-order chi connectivity index (χ0) is 16.5. The van der Waals surface area contributed by atoms with Gasteiger partial charge >= 0.3 is 0 Å². The summed E-state index contributed by atoms with van der Waals surface area (Å²) in [6.45, 7) is 3.07. The fourth-order valence-electron chi connectivity index (χ4n) is 4.08. The standard InChI is InChI=1S/C21H25NO2/c1-3-14-6-11-19-18(13-14)21-17(5-4-12-24-21)20(22-19)15-7-9-16(23-2)10-8-15/h6-11,13,17,20-22H,3-5,12H2,1-2H3/t17-,20-,21+/m0/s1. The summed E-state index contributed by atoms with van der Waals surface area (Å²) in [7, 11) is 1.71. The highest BCUT2D eigenvalue weighted by Gasteiger charge is 2.39. The van der Waals surface area contributed by atoms with E-state index in [1.165, 1.54) is 28.8 Å². The second kappa shape index (κ2) is 6.48. The fourth-order valence-corrected chi connectivity index (χ4v) is 4.08. The number of hydrogen-bond donors (Lipinski definition) is 1. The normalized spacial score (nSPS) is 25.3. The van der Waals surface area contributed by atoms with Gasteiger partial charge in [-0.2, -0.15) is 0 Å². The molecule has 0 spiro atoms. The van der Waals surface area contributed by atoms with Crippen molar-refractivity contribution in [3.8, 4) is 5.75 Å². The van der Waals surface area contributed by atoms with Crippen LogP contribution in [0.5, 0.6) is 5.75 Å². The molecule has 24 heavy (non-hydrogen) atoms. The van der Waals surface area contributed by atoms with Crippen LogP contribution in [0.15, 0.2) is 42.5 Å². The van der Waals surface area contributed by atoms with E-state index < -0.39 is 0 Å². The average Bonchev–Trinajstić information content (AvgIpc) is 2.67. The highest BCUT2D eigenvalue weighted by Crippen LogP contribution is 2.49. The molecule has 0 bridgehead atoms. The average molecular weight is 323 g/mol. The molecule has 2 aliphatic rings. The summed E-state index contributed by atoms with van der Waals surface area (Å²) in [6, 6.07) is 15.5. The highest BCUT2D eigenvalue weighted by atomic mass is 16.5. The molecule has 3 atom stereocenters. The number of methoxy groups -OCH3 is 1. The SMILES string of the molecule is CCc1ccc2c(c1)[C@@H]1OCCC[C@H]1[C@H](c1ccc(OC)cc1)N2. The Balaban J connectivity index is 1.72. The van der Waals surface area contributed by atoms with Gasteiger partial charge in [-0.15, -0.1) is 0 Å². The Morgan fingerprint density at radius 1 is 1.17 bits per heavy atom. The largest absolute Gasteiger partial charge is 0.497 e. The van der Waals surface area contributed by atoms with E-state index >= 15 is 0 Å². The van der Waals surface area contributed by atoms with E-state index in [1.807, 2.05) is 12.1 Å². The van der Waals surface area contributed by atoms with Crippen LogP contribution < -0.4 is 10.1 Å². The molecule has 4 rings (SSSR count). The molecule has 0 unspecified atom stereocenters. The van der Waals surface area contributed by atoms with Crippen molar-refractivity contribution in [1.82, 2.24) is 0 Å². The van der Waals surface area contributed by atoms with Crippen molar-refractivity contribution >= 4 is 5.69 Å². The number of ether oxygens (including phenoxy) is 2. The van der Waals surface area contributed by atoms with E-state index in [1.54, 1.807) is 7.11 Å². The summed E-state index contributed by atoms with van der Waals surface area (Å²) < 4.78 is 11.5. The maximum absolute atomic E-state index is 6.24. The number of rotatable bonds is 3. The van der Waals surface area contributed by atoms with Gasteiger partial charge in [-0.05, 0) is 48.6 Å². The topological polar surface area (TPSA) is 30.5 Å². The van der Waals surface area contributed by atoms with E-state index in [0.29, 0.717) is 12.0 Å². The lowest BCUT2D eigenvalue weighted by atomic mass is 9.77. The molecule has 0 saturated carbocycles. The van der Waals surface area contributed by atoms with Crippen LogP contribution in [0.25, 0.3) is 0 Å². The molecule has 2 aliphatic heterocycles.